The molecule has 1 fully saturated rings. The second-order valence-corrected chi connectivity index (χ2v) is 9.59. The number of nitrogens with zero attached hydrogens (tertiary/aromatic N) is 5. The van der Waals surface area contributed by atoms with Gasteiger partial charge in [-0.05, 0) is 42.5 Å². The first kappa shape index (κ1) is 22.8. The van der Waals surface area contributed by atoms with Crippen molar-refractivity contribution in [1.29, 1.82) is 0 Å². The van der Waals surface area contributed by atoms with Crippen molar-refractivity contribution < 1.29 is 0 Å². The van der Waals surface area contributed by atoms with Crippen molar-refractivity contribution in [1.82, 2.24) is 24.5 Å². The van der Waals surface area contributed by atoms with E-state index in [0.717, 1.165) is 57.6 Å². The molecule has 0 radical (unpaired) electrons. The fourth-order valence-electron chi connectivity index (χ4n) is 5.02. The molecule has 8 heteroatoms. The average molecular weight is 479 g/mol. The molecule has 182 valence electrons. The standard InChI is InChI=1S/C28H30N8/c29-17-35(18-30)16-25-33-34-27-23-15-22(19-5-2-1-3-6-19)26(32-24(23)11-14-36(25)27)20-7-9-21(10-8-20)28(31)12-4-13-28/h1-3,5-11,14-15H,4,12-13,16-18,29-31H2. The third kappa shape index (κ3) is 3.84. The Labute approximate surface area is 209 Å². The van der Waals surface area contributed by atoms with Gasteiger partial charge in [0, 0.05) is 41.6 Å². The molecule has 0 unspecified atom stereocenters. The normalized spacial score (nSPS) is 15.0. The van der Waals surface area contributed by atoms with Crippen LogP contribution in [-0.4, -0.2) is 37.8 Å². The predicted molar refractivity (Wildman–Crippen MR) is 143 cm³/mol. The molecule has 6 rings (SSSR count). The summed E-state index contributed by atoms with van der Waals surface area (Å²) in [6, 6.07) is 23.1. The second-order valence-electron chi connectivity index (χ2n) is 9.59. The molecule has 1 aliphatic carbocycles. The van der Waals surface area contributed by atoms with E-state index < -0.39 is 0 Å². The lowest BCUT2D eigenvalue weighted by atomic mass is 9.72. The minimum Gasteiger partial charge on any atom is -0.321 e. The van der Waals surface area contributed by atoms with Crippen molar-refractivity contribution in [3.63, 3.8) is 0 Å². The first-order chi connectivity index (χ1) is 17.6. The molecule has 0 saturated heterocycles. The fourth-order valence-corrected chi connectivity index (χ4v) is 5.02. The summed E-state index contributed by atoms with van der Waals surface area (Å²) < 4.78 is 1.99. The molecule has 0 spiro atoms. The number of pyridine rings is 2. The van der Waals surface area contributed by atoms with Crippen LogP contribution >= 0.6 is 0 Å². The van der Waals surface area contributed by atoms with Crippen LogP contribution in [0.4, 0.5) is 0 Å². The van der Waals surface area contributed by atoms with Gasteiger partial charge >= 0.3 is 0 Å². The van der Waals surface area contributed by atoms with Gasteiger partial charge in [0.05, 0.1) is 17.8 Å². The van der Waals surface area contributed by atoms with Crippen LogP contribution in [0, 0.1) is 0 Å². The highest BCUT2D eigenvalue weighted by Gasteiger charge is 2.34. The Balaban J connectivity index is 1.50. The molecule has 0 atom stereocenters. The van der Waals surface area contributed by atoms with Crippen LogP contribution in [0.2, 0.25) is 0 Å². The van der Waals surface area contributed by atoms with Gasteiger partial charge in [0.25, 0.3) is 0 Å². The quantitative estimate of drug-likeness (QED) is 0.305. The van der Waals surface area contributed by atoms with Crippen LogP contribution in [-0.2, 0) is 12.1 Å². The largest absolute Gasteiger partial charge is 0.321 e. The van der Waals surface area contributed by atoms with Crippen molar-refractivity contribution in [2.24, 2.45) is 17.2 Å². The summed E-state index contributed by atoms with van der Waals surface area (Å²) in [5, 5.41) is 9.88. The Hall–Kier alpha value is -3.69. The molecule has 5 aromatic rings. The summed E-state index contributed by atoms with van der Waals surface area (Å²) in [6.45, 7) is 1.23. The molecule has 0 amide bonds. The van der Waals surface area contributed by atoms with Crippen LogP contribution in [0.5, 0.6) is 0 Å². The van der Waals surface area contributed by atoms with E-state index in [1.807, 2.05) is 39.8 Å². The van der Waals surface area contributed by atoms with Crippen molar-refractivity contribution in [3.05, 3.63) is 84.3 Å². The van der Waals surface area contributed by atoms with Gasteiger partial charge in [0.2, 0.25) is 0 Å². The topological polar surface area (TPSA) is 124 Å². The molecule has 0 aliphatic heterocycles. The molecular formula is C28H30N8. The van der Waals surface area contributed by atoms with Crippen molar-refractivity contribution in [2.75, 3.05) is 13.3 Å². The lowest BCUT2D eigenvalue weighted by Gasteiger charge is -2.38. The maximum Gasteiger partial charge on any atom is 0.170 e. The van der Waals surface area contributed by atoms with E-state index in [4.69, 9.17) is 22.2 Å². The summed E-state index contributed by atoms with van der Waals surface area (Å²) in [7, 11) is 0. The Morgan fingerprint density at radius 3 is 2.31 bits per heavy atom. The van der Waals surface area contributed by atoms with E-state index >= 15 is 0 Å². The minimum atomic E-state index is -0.183. The number of rotatable bonds is 7. The molecule has 0 bridgehead atoms. The number of hydrogen-bond donors (Lipinski definition) is 3. The third-order valence-corrected chi connectivity index (χ3v) is 7.39. The zero-order valence-electron chi connectivity index (χ0n) is 20.1. The van der Waals surface area contributed by atoms with E-state index in [-0.39, 0.29) is 5.54 Å². The average Bonchev–Trinajstić information content (AvgIpc) is 3.33. The van der Waals surface area contributed by atoms with Gasteiger partial charge in [-0.25, -0.2) is 4.98 Å². The van der Waals surface area contributed by atoms with Crippen molar-refractivity contribution in [3.8, 4) is 22.4 Å². The summed E-state index contributed by atoms with van der Waals surface area (Å²) in [6.07, 6.45) is 5.24. The van der Waals surface area contributed by atoms with Gasteiger partial charge in [0.1, 0.15) is 0 Å². The Kier molecular flexibility index (Phi) is 5.73. The van der Waals surface area contributed by atoms with Crippen LogP contribution < -0.4 is 17.2 Å². The second kappa shape index (κ2) is 9.07. The predicted octanol–water partition coefficient (Wildman–Crippen LogP) is 3.58. The maximum atomic E-state index is 6.56. The van der Waals surface area contributed by atoms with Crippen molar-refractivity contribution in [2.45, 2.75) is 31.3 Å². The number of nitrogens with two attached hydrogens (primary N) is 3. The van der Waals surface area contributed by atoms with Crippen LogP contribution in [0.3, 0.4) is 0 Å². The molecule has 3 aromatic heterocycles. The van der Waals surface area contributed by atoms with E-state index in [2.05, 4.69) is 52.7 Å². The van der Waals surface area contributed by atoms with Crippen LogP contribution in [0.25, 0.3) is 38.9 Å². The van der Waals surface area contributed by atoms with Gasteiger partial charge in [0.15, 0.2) is 11.5 Å². The van der Waals surface area contributed by atoms with E-state index in [1.54, 1.807) is 0 Å². The van der Waals surface area contributed by atoms with Gasteiger partial charge in [-0.2, -0.15) is 0 Å². The monoisotopic (exact) mass is 478 g/mol. The molecular weight excluding hydrogens is 448 g/mol. The highest BCUT2D eigenvalue weighted by Crippen LogP contribution is 2.40. The summed E-state index contributed by atoms with van der Waals surface area (Å²) in [5.41, 5.74) is 25.0. The Morgan fingerprint density at radius 1 is 0.889 bits per heavy atom. The highest BCUT2D eigenvalue weighted by molar-refractivity contribution is 5.98. The molecule has 1 saturated carbocycles. The number of hydrogen-bond acceptors (Lipinski definition) is 7. The van der Waals surface area contributed by atoms with E-state index in [0.29, 0.717) is 19.9 Å². The van der Waals surface area contributed by atoms with Crippen LogP contribution in [0.15, 0.2) is 72.9 Å². The van der Waals surface area contributed by atoms with Gasteiger partial charge in [-0.15, -0.1) is 10.2 Å². The lowest BCUT2D eigenvalue weighted by molar-refractivity contribution is 0.253. The number of aromatic nitrogens is 4. The number of fused-ring (bicyclic) bond motifs is 3. The first-order valence-corrected chi connectivity index (χ1v) is 12.3. The van der Waals surface area contributed by atoms with Gasteiger partial charge < -0.3 is 17.2 Å². The molecule has 6 N–H and O–H groups in total. The highest BCUT2D eigenvalue weighted by atomic mass is 15.3. The molecule has 36 heavy (non-hydrogen) atoms. The van der Waals surface area contributed by atoms with Crippen LogP contribution in [0.1, 0.15) is 30.7 Å². The smallest absolute Gasteiger partial charge is 0.170 e. The van der Waals surface area contributed by atoms with Gasteiger partial charge in [-0.1, -0.05) is 54.6 Å². The van der Waals surface area contributed by atoms with Gasteiger partial charge in [-0.3, -0.25) is 9.30 Å². The zero-order chi connectivity index (χ0) is 24.7. The van der Waals surface area contributed by atoms with E-state index in [1.165, 1.54) is 12.0 Å². The maximum absolute atomic E-state index is 6.56. The Bertz CT molecular complexity index is 1520. The summed E-state index contributed by atoms with van der Waals surface area (Å²) >= 11 is 0. The fraction of sp³-hybridized carbons (Fsp3) is 0.250. The van der Waals surface area contributed by atoms with E-state index in [9.17, 15) is 0 Å². The SMILES string of the molecule is NCN(CN)Cc1nnc2c3cc(-c4ccccc4)c(-c4ccc(C5(N)CCC5)cc4)nc3ccn12. The minimum absolute atomic E-state index is 0.183. The lowest BCUT2D eigenvalue weighted by Crippen LogP contribution is -2.43. The first-order valence-electron chi connectivity index (χ1n) is 12.3. The summed E-state index contributed by atoms with van der Waals surface area (Å²) in [4.78, 5) is 7.04. The molecule has 3 heterocycles. The van der Waals surface area contributed by atoms with Crippen molar-refractivity contribution >= 4 is 16.6 Å². The third-order valence-electron chi connectivity index (χ3n) is 7.39. The zero-order valence-corrected chi connectivity index (χ0v) is 20.1. The molecule has 8 nitrogen and oxygen atoms in total. The summed E-state index contributed by atoms with van der Waals surface area (Å²) in [5.74, 6) is 0.787. The molecule has 1 aliphatic rings. The molecule has 2 aromatic carbocycles. The number of benzene rings is 2. The Morgan fingerprint density at radius 2 is 1.64 bits per heavy atom.